The Balaban J connectivity index is 2.09. The Kier molecular flexibility index (Phi) is 2.85. The van der Waals surface area contributed by atoms with Crippen molar-refractivity contribution in [3.8, 4) is 5.75 Å². The molecule has 2 heterocycles. The zero-order chi connectivity index (χ0) is 14.3. The van der Waals surface area contributed by atoms with E-state index in [2.05, 4.69) is 4.98 Å². The second-order valence-electron chi connectivity index (χ2n) is 4.62. The first-order valence-electron chi connectivity index (χ1n) is 6.27. The Labute approximate surface area is 116 Å². The van der Waals surface area contributed by atoms with Gasteiger partial charge in [-0.05, 0) is 13.0 Å². The molecule has 0 aliphatic carbocycles. The van der Waals surface area contributed by atoms with E-state index in [4.69, 9.17) is 15.2 Å². The van der Waals surface area contributed by atoms with Crippen molar-refractivity contribution < 1.29 is 14.3 Å². The molecule has 2 N–H and O–H groups in total. The minimum Gasteiger partial charge on any atom is -0.491 e. The first-order valence-corrected chi connectivity index (χ1v) is 6.27. The number of aryl methyl sites for hydroxylation is 1. The zero-order valence-electron chi connectivity index (χ0n) is 11.3. The fraction of sp³-hybridized carbons (Fsp3) is 0.286. The number of carbonyl (C=O) groups excluding carboxylic acids is 1. The number of hydrogen-bond donors (Lipinski definition) is 1. The predicted molar refractivity (Wildman–Crippen MR) is 72.8 cm³/mol. The number of para-hydroxylation sites is 1. The number of carbonyl (C=O) groups is 1. The van der Waals surface area contributed by atoms with Crippen molar-refractivity contribution >= 4 is 11.8 Å². The van der Waals surface area contributed by atoms with Gasteiger partial charge in [0.15, 0.2) is 5.69 Å². The summed E-state index contributed by atoms with van der Waals surface area (Å²) in [4.78, 5) is 15.9. The van der Waals surface area contributed by atoms with Crippen LogP contribution in [0.25, 0.3) is 0 Å². The molecule has 1 aliphatic heterocycles. The zero-order valence-corrected chi connectivity index (χ0v) is 11.3. The third-order valence-corrected chi connectivity index (χ3v) is 3.49. The summed E-state index contributed by atoms with van der Waals surface area (Å²) in [6.45, 7) is 2.28. The van der Waals surface area contributed by atoms with Gasteiger partial charge in [0.2, 0.25) is 0 Å². The van der Waals surface area contributed by atoms with Crippen molar-refractivity contribution in [2.75, 3.05) is 19.5 Å². The summed E-state index contributed by atoms with van der Waals surface area (Å²) < 4.78 is 12.2. The highest BCUT2D eigenvalue weighted by molar-refractivity contribution is 5.92. The van der Waals surface area contributed by atoms with Crippen LogP contribution in [0.15, 0.2) is 24.3 Å². The molecule has 6 nitrogen and oxygen atoms in total. The molecule has 0 saturated carbocycles. The molecule has 2 aromatic rings. The molecule has 20 heavy (non-hydrogen) atoms. The third-order valence-electron chi connectivity index (χ3n) is 3.49. The number of nitrogen functional groups attached to an aromatic ring is 1. The van der Waals surface area contributed by atoms with Gasteiger partial charge < -0.3 is 19.8 Å². The van der Waals surface area contributed by atoms with Crippen molar-refractivity contribution in [2.24, 2.45) is 0 Å². The van der Waals surface area contributed by atoms with Gasteiger partial charge in [0, 0.05) is 5.56 Å². The topological polar surface area (TPSA) is 79.4 Å². The van der Waals surface area contributed by atoms with E-state index in [9.17, 15) is 4.79 Å². The van der Waals surface area contributed by atoms with Crippen molar-refractivity contribution in [1.82, 2.24) is 9.55 Å². The Morgan fingerprint density at radius 1 is 1.50 bits per heavy atom. The number of anilines is 1. The van der Waals surface area contributed by atoms with Crippen molar-refractivity contribution in [3.05, 3.63) is 41.3 Å². The summed E-state index contributed by atoms with van der Waals surface area (Å²) in [5.74, 6) is 1.27. The molecule has 104 valence electrons. The molecular formula is C14H15N3O3. The van der Waals surface area contributed by atoms with E-state index in [1.54, 1.807) is 0 Å². The second-order valence-corrected chi connectivity index (χ2v) is 4.62. The number of imidazole rings is 1. The third kappa shape index (κ3) is 1.72. The average molecular weight is 273 g/mol. The Bertz CT molecular complexity index is 678. The summed E-state index contributed by atoms with van der Waals surface area (Å²) in [6, 6.07) is 7.70. The lowest BCUT2D eigenvalue weighted by atomic mass is 10.1. The highest BCUT2D eigenvalue weighted by atomic mass is 16.5. The molecule has 1 aliphatic rings. The van der Waals surface area contributed by atoms with E-state index in [-0.39, 0.29) is 11.7 Å². The summed E-state index contributed by atoms with van der Waals surface area (Å²) in [5, 5.41) is 0. The van der Waals surface area contributed by atoms with Gasteiger partial charge >= 0.3 is 5.97 Å². The number of rotatable bonds is 2. The number of aromatic nitrogens is 2. The van der Waals surface area contributed by atoms with E-state index in [1.807, 2.05) is 35.8 Å². The molecule has 0 bridgehead atoms. The molecule has 0 saturated heterocycles. The fourth-order valence-corrected chi connectivity index (χ4v) is 2.56. The Morgan fingerprint density at radius 3 is 3.00 bits per heavy atom. The molecular weight excluding hydrogens is 258 g/mol. The van der Waals surface area contributed by atoms with E-state index >= 15 is 0 Å². The lowest BCUT2D eigenvalue weighted by molar-refractivity contribution is 0.0595. The highest BCUT2D eigenvalue weighted by Gasteiger charge is 2.30. The minimum absolute atomic E-state index is 0.0721. The maximum atomic E-state index is 11.7. The highest BCUT2D eigenvalue weighted by Crippen LogP contribution is 2.37. The van der Waals surface area contributed by atoms with Crippen LogP contribution in [-0.2, 0) is 4.74 Å². The lowest BCUT2D eigenvalue weighted by Gasteiger charge is -2.14. The van der Waals surface area contributed by atoms with Gasteiger partial charge in [0.1, 0.15) is 24.0 Å². The number of benzene rings is 1. The SMILES string of the molecule is COC(=O)c1nc(C)n(C2COc3ccccc32)c1N. The average Bonchev–Trinajstić information content (AvgIpc) is 2.99. The summed E-state index contributed by atoms with van der Waals surface area (Å²) in [7, 11) is 1.31. The van der Waals surface area contributed by atoms with E-state index in [0.717, 1.165) is 11.3 Å². The van der Waals surface area contributed by atoms with Crippen molar-refractivity contribution in [1.29, 1.82) is 0 Å². The van der Waals surface area contributed by atoms with Gasteiger partial charge in [-0.15, -0.1) is 0 Å². The number of methoxy groups -OCH3 is 1. The van der Waals surface area contributed by atoms with Gasteiger partial charge in [-0.25, -0.2) is 9.78 Å². The largest absolute Gasteiger partial charge is 0.491 e. The molecule has 0 amide bonds. The number of esters is 1. The van der Waals surface area contributed by atoms with Gasteiger partial charge in [-0.3, -0.25) is 0 Å². The number of nitrogens with zero attached hydrogens (tertiary/aromatic N) is 2. The normalized spacial score (nSPS) is 16.6. The van der Waals surface area contributed by atoms with E-state index < -0.39 is 5.97 Å². The van der Waals surface area contributed by atoms with Crippen LogP contribution in [0, 0.1) is 6.92 Å². The maximum absolute atomic E-state index is 11.7. The van der Waals surface area contributed by atoms with Crippen LogP contribution in [-0.4, -0.2) is 29.2 Å². The smallest absolute Gasteiger partial charge is 0.360 e. The summed E-state index contributed by atoms with van der Waals surface area (Å²) in [5.41, 5.74) is 7.25. The van der Waals surface area contributed by atoms with Crippen LogP contribution in [0.5, 0.6) is 5.75 Å². The maximum Gasteiger partial charge on any atom is 0.360 e. The fourth-order valence-electron chi connectivity index (χ4n) is 2.56. The molecule has 6 heteroatoms. The summed E-state index contributed by atoms with van der Waals surface area (Å²) >= 11 is 0. The lowest BCUT2D eigenvalue weighted by Crippen LogP contribution is -2.16. The number of hydrogen-bond acceptors (Lipinski definition) is 5. The van der Waals surface area contributed by atoms with Crippen LogP contribution in [0.1, 0.15) is 27.9 Å². The predicted octanol–water partition coefficient (Wildman–Crippen LogP) is 1.54. The minimum atomic E-state index is -0.531. The molecule has 0 radical (unpaired) electrons. The number of nitrogens with two attached hydrogens (primary N) is 1. The number of fused-ring (bicyclic) bond motifs is 1. The molecule has 1 atom stereocenters. The van der Waals surface area contributed by atoms with Crippen molar-refractivity contribution in [3.63, 3.8) is 0 Å². The molecule has 1 aromatic carbocycles. The molecule has 0 spiro atoms. The van der Waals surface area contributed by atoms with Gasteiger partial charge in [0.05, 0.1) is 13.2 Å². The monoisotopic (exact) mass is 273 g/mol. The standard InChI is InChI=1S/C14H15N3O3/c1-8-16-12(14(18)19-2)13(15)17(8)10-7-20-11-6-4-3-5-9(10)11/h3-6,10H,7,15H2,1-2H3. The van der Waals surface area contributed by atoms with E-state index in [0.29, 0.717) is 18.2 Å². The quantitative estimate of drug-likeness (QED) is 0.840. The van der Waals surface area contributed by atoms with Crippen molar-refractivity contribution in [2.45, 2.75) is 13.0 Å². The van der Waals surface area contributed by atoms with Gasteiger partial charge in [-0.1, -0.05) is 18.2 Å². The van der Waals surface area contributed by atoms with Crippen LogP contribution in [0.2, 0.25) is 0 Å². The van der Waals surface area contributed by atoms with Gasteiger partial charge in [-0.2, -0.15) is 0 Å². The Hall–Kier alpha value is -2.50. The van der Waals surface area contributed by atoms with Crippen LogP contribution in [0.4, 0.5) is 5.82 Å². The Morgan fingerprint density at radius 2 is 2.25 bits per heavy atom. The van der Waals surface area contributed by atoms with Crippen LogP contribution >= 0.6 is 0 Å². The molecule has 3 rings (SSSR count). The molecule has 1 unspecified atom stereocenters. The van der Waals surface area contributed by atoms with Crippen LogP contribution < -0.4 is 10.5 Å². The second kappa shape index (κ2) is 4.56. The van der Waals surface area contributed by atoms with Gasteiger partial charge in [0.25, 0.3) is 0 Å². The molecule has 0 fully saturated rings. The van der Waals surface area contributed by atoms with E-state index in [1.165, 1.54) is 7.11 Å². The first-order chi connectivity index (χ1) is 9.63. The summed E-state index contributed by atoms with van der Waals surface area (Å²) in [6.07, 6.45) is 0. The number of ether oxygens (including phenoxy) is 2. The first kappa shape index (κ1) is 12.5. The van der Waals surface area contributed by atoms with Crippen LogP contribution in [0.3, 0.4) is 0 Å². The molecule has 1 aromatic heterocycles.